The molecule has 1 saturated carbocycles. The van der Waals surface area contributed by atoms with Gasteiger partial charge in [-0.2, -0.15) is 0 Å². The fraction of sp³-hybridized carbons (Fsp3) is 0.500. The van der Waals surface area contributed by atoms with Crippen LogP contribution in [0.2, 0.25) is 0 Å². The van der Waals surface area contributed by atoms with Crippen LogP contribution in [0.3, 0.4) is 0 Å². The van der Waals surface area contributed by atoms with E-state index in [1.165, 1.54) is 0 Å². The van der Waals surface area contributed by atoms with E-state index < -0.39 is 23.6 Å². The normalized spacial score (nSPS) is 25.1. The predicted octanol–water partition coefficient (Wildman–Crippen LogP) is 3.55. The molecule has 1 fully saturated rings. The first kappa shape index (κ1) is 23.0. The molecule has 158 valence electrons. The number of Topliss-reactive ketones (excluding diaryl/α,β-unsaturated/α-hetero) is 1. The van der Waals surface area contributed by atoms with Gasteiger partial charge in [0.15, 0.2) is 0 Å². The van der Waals surface area contributed by atoms with Crippen LogP contribution in [0.5, 0.6) is 0 Å². The number of carboxylic acid groups (broad SMARTS) is 1. The lowest BCUT2D eigenvalue weighted by molar-refractivity contribution is -0.137. The molecule has 1 aromatic carbocycles. The third kappa shape index (κ3) is 6.38. The number of hydrogen-bond acceptors (Lipinski definition) is 4. The minimum atomic E-state index is -0.832. The lowest BCUT2D eigenvalue weighted by Gasteiger charge is -2.22. The van der Waals surface area contributed by atoms with Crippen molar-refractivity contribution in [1.82, 2.24) is 0 Å². The van der Waals surface area contributed by atoms with Gasteiger partial charge in [-0.25, -0.2) is 0 Å². The molecule has 0 radical (unpaired) electrons. The number of aliphatic carboxylic acids is 1. The Bertz CT molecular complexity index is 735. The first-order chi connectivity index (χ1) is 13.7. The molecule has 0 saturated heterocycles. The fourth-order valence-corrected chi connectivity index (χ4v) is 3.92. The van der Waals surface area contributed by atoms with Gasteiger partial charge in [-0.15, -0.1) is 0 Å². The van der Waals surface area contributed by atoms with E-state index in [2.05, 4.69) is 0 Å². The quantitative estimate of drug-likeness (QED) is 0.412. The second kappa shape index (κ2) is 10.5. The Morgan fingerprint density at radius 3 is 2.55 bits per heavy atom. The molecule has 3 N–H and O–H groups in total. The van der Waals surface area contributed by atoms with Crippen molar-refractivity contribution in [3.05, 3.63) is 60.2 Å². The molecule has 0 amide bonds. The molecular weight excluding hydrogens is 368 g/mol. The van der Waals surface area contributed by atoms with E-state index >= 15 is 0 Å². The lowest BCUT2D eigenvalue weighted by atomic mass is 9.86. The summed E-state index contributed by atoms with van der Waals surface area (Å²) in [6.07, 6.45) is 8.09. The zero-order valence-corrected chi connectivity index (χ0v) is 17.2. The monoisotopic (exact) mass is 400 g/mol. The van der Waals surface area contributed by atoms with Gasteiger partial charge in [0.1, 0.15) is 5.78 Å². The number of allylic oxidation sites excluding steroid dienone is 2. The first-order valence-corrected chi connectivity index (χ1v) is 10.2. The third-order valence-corrected chi connectivity index (χ3v) is 5.70. The largest absolute Gasteiger partial charge is 0.481 e. The maximum absolute atomic E-state index is 12.8. The number of benzene rings is 1. The van der Waals surface area contributed by atoms with Crippen molar-refractivity contribution >= 4 is 11.8 Å². The molecule has 0 aliphatic heterocycles. The van der Waals surface area contributed by atoms with Gasteiger partial charge in [-0.05, 0) is 24.8 Å². The van der Waals surface area contributed by atoms with E-state index in [0.29, 0.717) is 25.7 Å². The van der Waals surface area contributed by atoms with Crippen LogP contribution < -0.4 is 0 Å². The highest BCUT2D eigenvalue weighted by molar-refractivity contribution is 5.90. The summed E-state index contributed by atoms with van der Waals surface area (Å²) in [5.74, 6) is -1.50. The Kier molecular flexibility index (Phi) is 8.35. The number of aliphatic hydroxyl groups is 2. The van der Waals surface area contributed by atoms with Crippen molar-refractivity contribution in [2.75, 3.05) is 0 Å². The molecule has 1 aromatic rings. The van der Waals surface area contributed by atoms with E-state index in [1.54, 1.807) is 26.0 Å². The van der Waals surface area contributed by atoms with Gasteiger partial charge in [0.2, 0.25) is 0 Å². The second-order valence-electron chi connectivity index (χ2n) is 8.35. The summed E-state index contributed by atoms with van der Waals surface area (Å²) >= 11 is 0. The maximum atomic E-state index is 12.8. The van der Waals surface area contributed by atoms with Crippen molar-refractivity contribution in [2.24, 2.45) is 17.3 Å². The average Bonchev–Trinajstić information content (AvgIpc) is 2.83. The van der Waals surface area contributed by atoms with Gasteiger partial charge in [-0.1, -0.05) is 68.5 Å². The SMILES string of the molecule is CC1(C)C(=O)C(CC=CCCCC(=O)O)C(C=CC(O)Cc2ccccc2)C1O. The molecule has 4 unspecified atom stereocenters. The van der Waals surface area contributed by atoms with Crippen LogP contribution in [-0.2, 0) is 16.0 Å². The molecule has 2 rings (SSSR count). The topological polar surface area (TPSA) is 94.8 Å². The molecule has 5 nitrogen and oxygen atoms in total. The van der Waals surface area contributed by atoms with Gasteiger partial charge in [0, 0.05) is 24.7 Å². The standard InChI is InChI=1S/C24H32O5/c1-24(2)22(28)19(12-8-3-4-9-13-21(26)27)20(23(24)29)15-14-18(25)16-17-10-6-5-7-11-17/h3,5-8,10-11,14-15,18-20,23,25,29H,4,9,12-13,16H2,1-2H3,(H,26,27). The number of hydrogen-bond donors (Lipinski definition) is 3. The van der Waals surface area contributed by atoms with Crippen LogP contribution in [0.15, 0.2) is 54.6 Å². The molecule has 0 bridgehead atoms. The van der Waals surface area contributed by atoms with Crippen LogP contribution in [0.25, 0.3) is 0 Å². The fourth-order valence-electron chi connectivity index (χ4n) is 3.92. The highest BCUT2D eigenvalue weighted by Gasteiger charge is 2.52. The summed E-state index contributed by atoms with van der Waals surface area (Å²) in [5, 5.41) is 29.7. The molecule has 0 spiro atoms. The number of aliphatic hydroxyl groups excluding tert-OH is 2. The first-order valence-electron chi connectivity index (χ1n) is 10.2. The molecule has 0 heterocycles. The summed E-state index contributed by atoms with van der Waals surface area (Å²) in [4.78, 5) is 23.4. The predicted molar refractivity (Wildman–Crippen MR) is 112 cm³/mol. The number of carbonyl (C=O) groups is 2. The summed E-state index contributed by atoms with van der Waals surface area (Å²) in [5.41, 5.74) is 0.190. The van der Waals surface area contributed by atoms with E-state index in [-0.39, 0.29) is 24.0 Å². The van der Waals surface area contributed by atoms with Crippen LogP contribution in [0.1, 0.15) is 45.1 Å². The molecule has 4 atom stereocenters. The van der Waals surface area contributed by atoms with E-state index in [4.69, 9.17) is 5.11 Å². The van der Waals surface area contributed by atoms with Crippen molar-refractivity contribution in [2.45, 2.75) is 58.2 Å². The molecule has 0 aromatic heterocycles. The highest BCUT2D eigenvalue weighted by atomic mass is 16.4. The van der Waals surface area contributed by atoms with Gasteiger partial charge in [0.05, 0.1) is 17.6 Å². The molecule has 1 aliphatic rings. The Morgan fingerprint density at radius 2 is 1.90 bits per heavy atom. The molecular formula is C24H32O5. The number of carboxylic acids is 1. The zero-order valence-electron chi connectivity index (χ0n) is 17.2. The van der Waals surface area contributed by atoms with Gasteiger partial charge in [-0.3, -0.25) is 9.59 Å². The van der Waals surface area contributed by atoms with Crippen LogP contribution in [-0.4, -0.2) is 39.3 Å². The molecule has 1 aliphatic carbocycles. The average molecular weight is 401 g/mol. The Hall–Kier alpha value is -2.24. The minimum absolute atomic E-state index is 0.0207. The van der Waals surface area contributed by atoms with Crippen molar-refractivity contribution in [3.8, 4) is 0 Å². The van der Waals surface area contributed by atoms with Gasteiger partial charge >= 0.3 is 5.97 Å². The zero-order chi connectivity index (χ0) is 21.4. The van der Waals surface area contributed by atoms with Crippen LogP contribution in [0, 0.1) is 17.3 Å². The second-order valence-corrected chi connectivity index (χ2v) is 8.35. The third-order valence-electron chi connectivity index (χ3n) is 5.70. The molecule has 5 heteroatoms. The van der Waals surface area contributed by atoms with Gasteiger partial charge < -0.3 is 15.3 Å². The number of unbranched alkanes of at least 4 members (excludes halogenated alkanes) is 1. The van der Waals surface area contributed by atoms with Crippen LogP contribution in [0.4, 0.5) is 0 Å². The Morgan fingerprint density at radius 1 is 1.21 bits per heavy atom. The van der Waals surface area contributed by atoms with E-state index in [9.17, 15) is 19.8 Å². The summed E-state index contributed by atoms with van der Waals surface area (Å²) < 4.78 is 0. The number of carbonyl (C=O) groups excluding carboxylic acids is 1. The Balaban J connectivity index is 2.00. The maximum Gasteiger partial charge on any atom is 0.303 e. The smallest absolute Gasteiger partial charge is 0.303 e. The van der Waals surface area contributed by atoms with E-state index in [0.717, 1.165) is 5.56 Å². The van der Waals surface area contributed by atoms with Crippen LogP contribution >= 0.6 is 0 Å². The Labute approximate surface area is 172 Å². The summed E-state index contributed by atoms with van der Waals surface area (Å²) in [7, 11) is 0. The highest BCUT2D eigenvalue weighted by Crippen LogP contribution is 2.44. The lowest BCUT2D eigenvalue weighted by Crippen LogP contribution is -2.31. The van der Waals surface area contributed by atoms with Crippen molar-refractivity contribution < 1.29 is 24.9 Å². The molecule has 29 heavy (non-hydrogen) atoms. The van der Waals surface area contributed by atoms with E-state index in [1.807, 2.05) is 42.5 Å². The van der Waals surface area contributed by atoms with Crippen molar-refractivity contribution in [1.29, 1.82) is 0 Å². The summed E-state index contributed by atoms with van der Waals surface area (Å²) in [6.45, 7) is 3.52. The summed E-state index contributed by atoms with van der Waals surface area (Å²) in [6, 6.07) is 9.67. The number of rotatable bonds is 10. The number of ketones is 1. The van der Waals surface area contributed by atoms with Crippen molar-refractivity contribution in [3.63, 3.8) is 0 Å². The minimum Gasteiger partial charge on any atom is -0.481 e. The van der Waals surface area contributed by atoms with Gasteiger partial charge in [0.25, 0.3) is 0 Å².